The molecule has 2 aliphatic carbocycles. The second-order valence-electron chi connectivity index (χ2n) is 4.27. The Hall–Kier alpha value is 0.398. The van der Waals surface area contributed by atoms with Gasteiger partial charge in [-0.15, -0.1) is 12.4 Å². The molecule has 0 fully saturated rings. The van der Waals surface area contributed by atoms with E-state index in [0.717, 1.165) is 0 Å². The maximum absolute atomic E-state index is 2.42. The number of allylic oxidation sites excluding steroid dienone is 8. The van der Waals surface area contributed by atoms with Crippen LogP contribution in [-0.2, 0) is 15.1 Å². The van der Waals surface area contributed by atoms with Crippen LogP contribution in [0.2, 0.25) is 0 Å². The quantitative estimate of drug-likeness (QED) is 0.655. The molecule has 2 rings (SSSR count). The Morgan fingerprint density at radius 2 is 1.36 bits per heavy atom. The monoisotopic (exact) mass is 276 g/mol. The van der Waals surface area contributed by atoms with Gasteiger partial charge in [0.05, 0.1) is 0 Å². The molecule has 0 aromatic rings. The van der Waals surface area contributed by atoms with Crippen molar-refractivity contribution in [1.29, 1.82) is 0 Å². The minimum atomic E-state index is -1.49. The number of hydrogen-bond donors (Lipinski definition) is 0. The van der Waals surface area contributed by atoms with Crippen LogP contribution in [0.4, 0.5) is 0 Å². The second-order valence-corrected chi connectivity index (χ2v) is 36.1. The molecule has 2 aliphatic rings. The average Bonchev–Trinajstić information content (AvgIpc) is 2.78. The third kappa shape index (κ3) is 2.31. The molecule has 4 heteroatoms. The van der Waals surface area contributed by atoms with Crippen LogP contribution < -0.4 is 0 Å². The summed E-state index contributed by atoms with van der Waals surface area (Å²) in [6.45, 7) is 0. The maximum atomic E-state index is 2.42. The van der Waals surface area contributed by atoms with E-state index in [4.69, 9.17) is 0 Å². The van der Waals surface area contributed by atoms with Crippen molar-refractivity contribution in [3.63, 3.8) is 0 Å². The normalized spacial score (nSPS) is 19.7. The average molecular weight is 277 g/mol. The third-order valence-corrected chi connectivity index (χ3v) is 19.9. The van der Waals surface area contributed by atoms with E-state index in [1.54, 1.807) is 0 Å². The fourth-order valence-electron chi connectivity index (χ4n) is 2.03. The van der Waals surface area contributed by atoms with E-state index in [9.17, 15) is 0 Å². The molecule has 76 valence electrons. The van der Waals surface area contributed by atoms with Crippen LogP contribution in [0.3, 0.4) is 0 Å². The van der Waals surface area contributed by atoms with Crippen molar-refractivity contribution >= 4 is 28.6 Å². The number of hydrogen-bond acceptors (Lipinski definition) is 0. The van der Waals surface area contributed by atoms with Crippen molar-refractivity contribution in [2.24, 2.45) is 0 Å². The van der Waals surface area contributed by atoms with Crippen LogP contribution in [0.15, 0.2) is 44.2 Å². The van der Waals surface area contributed by atoms with Gasteiger partial charge >= 0.3 is 88.4 Å². The van der Waals surface area contributed by atoms with Gasteiger partial charge in [0.25, 0.3) is 0 Å². The van der Waals surface area contributed by atoms with Crippen LogP contribution in [0.25, 0.3) is 0 Å². The number of rotatable bonds is 2. The topological polar surface area (TPSA) is 0 Å². The summed E-state index contributed by atoms with van der Waals surface area (Å²) < 4.78 is 3.71. The summed E-state index contributed by atoms with van der Waals surface area (Å²) >= 11 is -1.49. The van der Waals surface area contributed by atoms with Gasteiger partial charge in [-0.25, -0.2) is 0 Å². The van der Waals surface area contributed by atoms with E-state index in [-0.39, 0.29) is 12.4 Å². The summed E-state index contributed by atoms with van der Waals surface area (Å²) in [4.78, 5) is 0. The van der Waals surface area contributed by atoms with E-state index >= 15 is 0 Å². The van der Waals surface area contributed by atoms with Crippen LogP contribution in [0, 0.1) is 0 Å². The molecule has 14 heavy (non-hydrogen) atoms. The van der Waals surface area contributed by atoms with Gasteiger partial charge < -0.3 is 0 Å². The Labute approximate surface area is 100 Å². The zero-order chi connectivity index (χ0) is 9.31. The molecule has 0 unspecified atom stereocenters. The van der Waals surface area contributed by atoms with Crippen molar-refractivity contribution in [3.05, 3.63) is 44.2 Å². The molecule has 0 radical (unpaired) electrons. The van der Waals surface area contributed by atoms with Gasteiger partial charge in [-0.05, 0) is 0 Å². The Kier molecular flexibility index (Phi) is 4.41. The Balaban J connectivity index is 0.000000980. The standard InChI is InChI=1S/2C5H5.ClH.2H3Si.Ti/c2*1-2-4-5-3-1;;;;/h2*1-3H,4H2;1H;2*1H3;. The summed E-state index contributed by atoms with van der Waals surface area (Å²) in [5.41, 5.74) is 0. The van der Waals surface area contributed by atoms with Crippen molar-refractivity contribution in [2.45, 2.75) is 12.8 Å². The first-order valence-corrected chi connectivity index (χ1v) is 17.9. The summed E-state index contributed by atoms with van der Waals surface area (Å²) in [5, 5.41) is 0. The summed E-state index contributed by atoms with van der Waals surface area (Å²) in [7, 11) is 2.93. The molecule has 0 heterocycles. The van der Waals surface area contributed by atoms with Crippen LogP contribution >= 0.6 is 12.4 Å². The van der Waals surface area contributed by atoms with Crippen molar-refractivity contribution < 1.29 is 15.1 Å². The molecule has 0 aliphatic heterocycles. The molecule has 0 saturated carbocycles. The third-order valence-electron chi connectivity index (χ3n) is 3.15. The molecule has 0 aromatic heterocycles. The van der Waals surface area contributed by atoms with Gasteiger partial charge in [-0.2, -0.15) is 0 Å². The van der Waals surface area contributed by atoms with Gasteiger partial charge in [0.15, 0.2) is 0 Å². The molecule has 0 atom stereocenters. The minimum absolute atomic E-state index is 0. The predicted octanol–water partition coefficient (Wildman–Crippen LogP) is 0.810. The van der Waals surface area contributed by atoms with Crippen LogP contribution in [-0.4, -0.2) is 16.2 Å². The molecule has 0 spiro atoms. The first-order chi connectivity index (χ1) is 6.21. The van der Waals surface area contributed by atoms with Gasteiger partial charge in [0.2, 0.25) is 0 Å². The van der Waals surface area contributed by atoms with E-state index in [0.29, 0.717) is 0 Å². The summed E-state index contributed by atoms with van der Waals surface area (Å²) in [6.07, 6.45) is 16.6. The Bertz CT molecular complexity index is 308. The molecular weight excluding hydrogens is 260 g/mol. The molecular formula is C10H17ClSi2Ti. The Morgan fingerprint density at radius 1 is 0.929 bits per heavy atom. The predicted molar refractivity (Wildman–Crippen MR) is 70.8 cm³/mol. The SMILES string of the molecule is Cl.[SiH3][Ti]([SiH3])([C]1=CC=CC1)[C]1=CC=CC1. The van der Waals surface area contributed by atoms with Crippen molar-refractivity contribution in [3.8, 4) is 0 Å². The fraction of sp³-hybridized carbons (Fsp3) is 0.200. The second kappa shape index (κ2) is 4.95. The van der Waals surface area contributed by atoms with Gasteiger partial charge in [0, 0.05) is 0 Å². The molecule has 0 saturated heterocycles. The summed E-state index contributed by atoms with van der Waals surface area (Å²) in [5.74, 6) is 0. The first kappa shape index (κ1) is 12.5. The molecule has 0 aromatic carbocycles. The molecule has 0 N–H and O–H groups in total. The van der Waals surface area contributed by atoms with Gasteiger partial charge in [0.1, 0.15) is 0 Å². The zero-order valence-corrected chi connectivity index (χ0v) is 15.2. The fourth-order valence-corrected chi connectivity index (χ4v) is 12.4. The summed E-state index contributed by atoms with van der Waals surface area (Å²) in [6, 6.07) is 0. The molecule has 0 nitrogen and oxygen atoms in total. The van der Waals surface area contributed by atoms with E-state index < -0.39 is 15.1 Å². The van der Waals surface area contributed by atoms with E-state index in [2.05, 4.69) is 36.5 Å². The zero-order valence-electron chi connectivity index (χ0n) is 8.79. The molecule has 0 amide bonds. The van der Waals surface area contributed by atoms with Crippen LogP contribution in [0.5, 0.6) is 0 Å². The number of halogens is 1. The first-order valence-electron chi connectivity index (χ1n) is 4.93. The van der Waals surface area contributed by atoms with Gasteiger partial charge in [-0.1, -0.05) is 0 Å². The molecule has 0 bridgehead atoms. The van der Waals surface area contributed by atoms with E-state index in [1.807, 2.05) is 7.76 Å². The van der Waals surface area contributed by atoms with Crippen molar-refractivity contribution in [2.75, 3.05) is 0 Å². The van der Waals surface area contributed by atoms with Gasteiger partial charge in [-0.3, -0.25) is 0 Å². The van der Waals surface area contributed by atoms with E-state index in [1.165, 1.54) is 29.1 Å². The van der Waals surface area contributed by atoms with Crippen molar-refractivity contribution in [1.82, 2.24) is 0 Å². The van der Waals surface area contributed by atoms with Crippen LogP contribution in [0.1, 0.15) is 12.8 Å². The Morgan fingerprint density at radius 3 is 1.64 bits per heavy atom.